The van der Waals surface area contributed by atoms with E-state index in [0.717, 1.165) is 18.4 Å². The lowest BCUT2D eigenvalue weighted by Crippen LogP contribution is -2.17. The second-order valence-electron chi connectivity index (χ2n) is 6.02. The Morgan fingerprint density at radius 1 is 1.27 bits per heavy atom. The van der Waals surface area contributed by atoms with Crippen molar-refractivity contribution in [1.82, 2.24) is 0 Å². The minimum atomic E-state index is -0.985. The first-order chi connectivity index (χ1) is 10.4. The molecule has 5 heteroatoms. The zero-order valence-corrected chi connectivity index (χ0v) is 13.3. The number of amides is 1. The van der Waals surface area contributed by atoms with E-state index in [1.54, 1.807) is 13.0 Å². The molecule has 2 rings (SSSR count). The lowest BCUT2D eigenvalue weighted by molar-refractivity contribution is -0.116. The summed E-state index contributed by atoms with van der Waals surface area (Å²) in [4.78, 5) is 23.2. The summed E-state index contributed by atoms with van der Waals surface area (Å²) in [6.45, 7) is 5.65. The third kappa shape index (κ3) is 4.07. The standard InChI is InChI=1S/C17H23NO4/c1-10-8-11(2)15(9-14(10)17(20)21)18-16(19)7-6-13-5-4-12(3)22-13/h8-9,12-13H,4-7H2,1-3H3,(H,18,19)(H,20,21). The number of carboxylic acids is 1. The van der Waals surface area contributed by atoms with Gasteiger partial charge in [-0.25, -0.2) is 4.79 Å². The Labute approximate surface area is 130 Å². The van der Waals surface area contributed by atoms with E-state index >= 15 is 0 Å². The summed E-state index contributed by atoms with van der Waals surface area (Å²) in [5.41, 5.74) is 2.33. The van der Waals surface area contributed by atoms with Crippen LogP contribution in [0.2, 0.25) is 0 Å². The van der Waals surface area contributed by atoms with Crippen LogP contribution in [0.3, 0.4) is 0 Å². The Hall–Kier alpha value is -1.88. The van der Waals surface area contributed by atoms with Crippen LogP contribution in [0.15, 0.2) is 12.1 Å². The molecule has 1 aromatic carbocycles. The molecule has 1 aliphatic heterocycles. The van der Waals surface area contributed by atoms with Crippen molar-refractivity contribution >= 4 is 17.6 Å². The van der Waals surface area contributed by atoms with Gasteiger partial charge in [-0.05, 0) is 57.2 Å². The van der Waals surface area contributed by atoms with Gasteiger partial charge >= 0.3 is 5.97 Å². The minimum absolute atomic E-state index is 0.105. The molecule has 0 spiro atoms. The van der Waals surface area contributed by atoms with Crippen molar-refractivity contribution in [3.05, 3.63) is 28.8 Å². The summed E-state index contributed by atoms with van der Waals surface area (Å²) >= 11 is 0. The van der Waals surface area contributed by atoms with E-state index in [4.69, 9.17) is 9.84 Å². The Kier molecular flexibility index (Phi) is 5.19. The molecule has 2 atom stereocenters. The molecular weight excluding hydrogens is 282 g/mol. The van der Waals surface area contributed by atoms with Gasteiger partial charge in [0.15, 0.2) is 0 Å². The fraction of sp³-hybridized carbons (Fsp3) is 0.529. The van der Waals surface area contributed by atoms with Gasteiger partial charge in [0.25, 0.3) is 0 Å². The van der Waals surface area contributed by atoms with Crippen LogP contribution in [0.5, 0.6) is 0 Å². The van der Waals surface area contributed by atoms with Crippen molar-refractivity contribution < 1.29 is 19.4 Å². The van der Waals surface area contributed by atoms with Crippen molar-refractivity contribution in [3.8, 4) is 0 Å². The zero-order valence-electron chi connectivity index (χ0n) is 13.3. The highest BCUT2D eigenvalue weighted by Crippen LogP contribution is 2.24. The number of carbonyl (C=O) groups is 2. The fourth-order valence-electron chi connectivity index (χ4n) is 2.82. The number of rotatable bonds is 5. The Bertz CT molecular complexity index is 582. The molecule has 120 valence electrons. The van der Waals surface area contributed by atoms with Gasteiger partial charge in [0.05, 0.1) is 17.8 Å². The quantitative estimate of drug-likeness (QED) is 0.875. The number of carboxylic acid groups (broad SMARTS) is 1. The second-order valence-corrected chi connectivity index (χ2v) is 6.02. The molecule has 2 unspecified atom stereocenters. The summed E-state index contributed by atoms with van der Waals surface area (Å²) in [6, 6.07) is 3.31. The fourth-order valence-corrected chi connectivity index (χ4v) is 2.82. The SMILES string of the molecule is Cc1cc(C)c(C(=O)O)cc1NC(=O)CCC1CCC(C)O1. The minimum Gasteiger partial charge on any atom is -0.478 e. The van der Waals surface area contributed by atoms with E-state index in [1.807, 2.05) is 13.8 Å². The number of hydrogen-bond acceptors (Lipinski definition) is 3. The lowest BCUT2D eigenvalue weighted by Gasteiger charge is -2.13. The van der Waals surface area contributed by atoms with E-state index in [1.165, 1.54) is 6.07 Å². The number of benzene rings is 1. The highest BCUT2D eigenvalue weighted by molar-refractivity contribution is 5.95. The molecule has 1 saturated heterocycles. The third-order valence-corrected chi connectivity index (χ3v) is 4.09. The first kappa shape index (κ1) is 16.5. The van der Waals surface area contributed by atoms with Gasteiger partial charge in [-0.15, -0.1) is 0 Å². The van der Waals surface area contributed by atoms with Crippen LogP contribution >= 0.6 is 0 Å². The number of carbonyl (C=O) groups excluding carboxylic acids is 1. The highest BCUT2D eigenvalue weighted by atomic mass is 16.5. The molecule has 0 bridgehead atoms. The summed E-state index contributed by atoms with van der Waals surface area (Å²) in [7, 11) is 0. The van der Waals surface area contributed by atoms with Crippen LogP contribution in [0.1, 0.15) is 54.1 Å². The maximum absolute atomic E-state index is 12.1. The lowest BCUT2D eigenvalue weighted by atomic mass is 10.0. The van der Waals surface area contributed by atoms with Gasteiger partial charge in [-0.3, -0.25) is 4.79 Å². The number of aryl methyl sites for hydroxylation is 2. The van der Waals surface area contributed by atoms with Crippen molar-refractivity contribution in [2.45, 2.75) is 58.7 Å². The average Bonchev–Trinajstić information content (AvgIpc) is 2.85. The molecule has 0 radical (unpaired) electrons. The highest BCUT2D eigenvalue weighted by Gasteiger charge is 2.22. The van der Waals surface area contributed by atoms with E-state index in [9.17, 15) is 9.59 Å². The molecule has 1 aliphatic rings. The predicted molar refractivity (Wildman–Crippen MR) is 84.3 cm³/mol. The monoisotopic (exact) mass is 305 g/mol. The Balaban J connectivity index is 1.96. The Morgan fingerprint density at radius 3 is 2.59 bits per heavy atom. The summed E-state index contributed by atoms with van der Waals surface area (Å²) in [5.74, 6) is -1.09. The first-order valence-corrected chi connectivity index (χ1v) is 7.66. The van der Waals surface area contributed by atoms with Crippen LogP contribution in [0, 0.1) is 13.8 Å². The Morgan fingerprint density at radius 2 is 2.00 bits per heavy atom. The second kappa shape index (κ2) is 6.92. The van der Waals surface area contributed by atoms with Gasteiger partial charge in [0.2, 0.25) is 5.91 Å². The molecule has 0 aliphatic carbocycles. The maximum Gasteiger partial charge on any atom is 0.336 e. The van der Waals surface area contributed by atoms with Gasteiger partial charge in [-0.1, -0.05) is 6.07 Å². The summed E-state index contributed by atoms with van der Waals surface area (Å²) < 4.78 is 5.69. The molecule has 0 aromatic heterocycles. The van der Waals surface area contributed by atoms with E-state index in [2.05, 4.69) is 5.32 Å². The van der Waals surface area contributed by atoms with Gasteiger partial charge in [0, 0.05) is 12.1 Å². The van der Waals surface area contributed by atoms with Gasteiger partial charge in [-0.2, -0.15) is 0 Å². The largest absolute Gasteiger partial charge is 0.478 e. The van der Waals surface area contributed by atoms with Crippen LogP contribution in [0.25, 0.3) is 0 Å². The molecule has 22 heavy (non-hydrogen) atoms. The summed E-state index contributed by atoms with van der Waals surface area (Å²) in [6.07, 6.45) is 3.58. The molecule has 5 nitrogen and oxygen atoms in total. The number of hydrogen-bond donors (Lipinski definition) is 2. The molecule has 2 N–H and O–H groups in total. The van der Waals surface area contributed by atoms with Crippen molar-refractivity contribution in [2.75, 3.05) is 5.32 Å². The third-order valence-electron chi connectivity index (χ3n) is 4.09. The summed E-state index contributed by atoms with van der Waals surface area (Å²) in [5, 5.41) is 12.0. The number of aromatic carboxylic acids is 1. The maximum atomic E-state index is 12.1. The first-order valence-electron chi connectivity index (χ1n) is 7.66. The molecule has 1 aromatic rings. The number of anilines is 1. The molecule has 1 fully saturated rings. The zero-order chi connectivity index (χ0) is 16.3. The van der Waals surface area contributed by atoms with Gasteiger partial charge < -0.3 is 15.2 Å². The van der Waals surface area contributed by atoms with Crippen molar-refractivity contribution in [1.29, 1.82) is 0 Å². The van der Waals surface area contributed by atoms with Crippen LogP contribution in [-0.2, 0) is 9.53 Å². The van der Waals surface area contributed by atoms with Crippen molar-refractivity contribution in [2.24, 2.45) is 0 Å². The number of ether oxygens (including phenoxy) is 1. The molecule has 0 saturated carbocycles. The van der Waals surface area contributed by atoms with E-state index < -0.39 is 5.97 Å². The smallest absolute Gasteiger partial charge is 0.336 e. The van der Waals surface area contributed by atoms with Crippen LogP contribution in [-0.4, -0.2) is 29.2 Å². The van der Waals surface area contributed by atoms with Crippen LogP contribution < -0.4 is 5.32 Å². The molecular formula is C17H23NO4. The van der Waals surface area contributed by atoms with Crippen molar-refractivity contribution in [3.63, 3.8) is 0 Å². The number of nitrogens with one attached hydrogen (secondary N) is 1. The van der Waals surface area contributed by atoms with E-state index in [0.29, 0.717) is 24.1 Å². The normalized spacial score (nSPS) is 20.9. The molecule has 1 amide bonds. The molecule has 1 heterocycles. The average molecular weight is 305 g/mol. The topological polar surface area (TPSA) is 75.6 Å². The van der Waals surface area contributed by atoms with Crippen LogP contribution in [0.4, 0.5) is 5.69 Å². The predicted octanol–water partition coefficient (Wildman–Crippen LogP) is 3.29. The van der Waals surface area contributed by atoms with Gasteiger partial charge in [0.1, 0.15) is 0 Å². The van der Waals surface area contributed by atoms with E-state index in [-0.39, 0.29) is 23.7 Å².